The summed E-state index contributed by atoms with van der Waals surface area (Å²) in [6.45, 7) is 4.30. The van der Waals surface area contributed by atoms with Crippen molar-refractivity contribution >= 4 is 0 Å². The lowest BCUT2D eigenvalue weighted by Gasteiger charge is -2.16. The molecule has 3 atom stereocenters. The van der Waals surface area contributed by atoms with Crippen molar-refractivity contribution in [3.63, 3.8) is 0 Å². The van der Waals surface area contributed by atoms with Crippen molar-refractivity contribution in [3.8, 4) is 0 Å². The highest BCUT2D eigenvalue weighted by Gasteiger charge is 2.31. The molecule has 2 rings (SSSR count). The van der Waals surface area contributed by atoms with Crippen molar-refractivity contribution < 1.29 is 5.11 Å². The average molecular weight is 219 g/mol. The molecule has 3 unspecified atom stereocenters. The Morgan fingerprint density at radius 1 is 1.38 bits per heavy atom. The van der Waals surface area contributed by atoms with Gasteiger partial charge >= 0.3 is 0 Å². The summed E-state index contributed by atoms with van der Waals surface area (Å²) >= 11 is 0. The minimum Gasteiger partial charge on any atom is -0.393 e. The van der Waals surface area contributed by atoms with Crippen molar-refractivity contribution in [1.29, 1.82) is 0 Å². The van der Waals surface area contributed by atoms with Crippen LogP contribution in [0.2, 0.25) is 0 Å². The third-order valence-corrected chi connectivity index (χ3v) is 3.95. The maximum Gasteiger partial charge on any atom is 0.0568 e. The third kappa shape index (κ3) is 2.43. The molecule has 1 aromatic rings. The van der Waals surface area contributed by atoms with Gasteiger partial charge in [0, 0.05) is 11.9 Å². The number of nitrogens with zero attached hydrogens (tertiary/aromatic N) is 1. The molecule has 1 saturated carbocycles. The summed E-state index contributed by atoms with van der Waals surface area (Å²) in [4.78, 5) is 4.49. The summed E-state index contributed by atoms with van der Waals surface area (Å²) in [5.74, 6) is 1.03. The first-order valence-electron chi connectivity index (χ1n) is 6.32. The van der Waals surface area contributed by atoms with Gasteiger partial charge in [0.1, 0.15) is 0 Å². The molecule has 2 nitrogen and oxygen atoms in total. The Morgan fingerprint density at radius 3 is 2.69 bits per heavy atom. The van der Waals surface area contributed by atoms with Crippen LogP contribution < -0.4 is 0 Å². The molecule has 1 N–H and O–H groups in total. The molecule has 88 valence electrons. The Balaban J connectivity index is 1.98. The van der Waals surface area contributed by atoms with E-state index >= 15 is 0 Å². The molecule has 0 aliphatic heterocycles. The van der Waals surface area contributed by atoms with Gasteiger partial charge in [0.05, 0.1) is 6.10 Å². The summed E-state index contributed by atoms with van der Waals surface area (Å²) in [5, 5.41) is 9.71. The fourth-order valence-corrected chi connectivity index (χ4v) is 2.57. The second kappa shape index (κ2) is 4.96. The van der Waals surface area contributed by atoms with Crippen LogP contribution in [0.25, 0.3) is 0 Å². The van der Waals surface area contributed by atoms with Crippen molar-refractivity contribution in [2.24, 2.45) is 11.8 Å². The predicted molar refractivity (Wildman–Crippen MR) is 65.2 cm³/mol. The molecule has 0 spiro atoms. The van der Waals surface area contributed by atoms with Crippen molar-refractivity contribution in [3.05, 3.63) is 29.6 Å². The van der Waals surface area contributed by atoms with Gasteiger partial charge < -0.3 is 5.11 Å². The Morgan fingerprint density at radius 2 is 2.19 bits per heavy atom. The second-order valence-electron chi connectivity index (χ2n) is 4.98. The van der Waals surface area contributed by atoms with Crippen LogP contribution in [-0.2, 0) is 12.8 Å². The summed E-state index contributed by atoms with van der Waals surface area (Å²) in [6, 6.07) is 4.30. The zero-order valence-electron chi connectivity index (χ0n) is 10.2. The lowest BCUT2D eigenvalue weighted by Crippen LogP contribution is -2.17. The SMILES string of the molecule is CCc1ccc(CC2CCC(O)C2C)nc1. The van der Waals surface area contributed by atoms with Crippen LogP contribution in [0.1, 0.15) is 37.9 Å². The highest BCUT2D eigenvalue weighted by atomic mass is 16.3. The molecular formula is C14H21NO. The minimum absolute atomic E-state index is 0.0973. The summed E-state index contributed by atoms with van der Waals surface area (Å²) < 4.78 is 0. The van der Waals surface area contributed by atoms with Gasteiger partial charge in [-0.05, 0) is 49.1 Å². The normalized spacial score (nSPS) is 29.6. The van der Waals surface area contributed by atoms with Crippen LogP contribution in [0.5, 0.6) is 0 Å². The van der Waals surface area contributed by atoms with Gasteiger partial charge in [-0.25, -0.2) is 0 Å². The summed E-state index contributed by atoms with van der Waals surface area (Å²) in [7, 11) is 0. The largest absolute Gasteiger partial charge is 0.393 e. The van der Waals surface area contributed by atoms with Crippen LogP contribution in [0.4, 0.5) is 0 Å². The van der Waals surface area contributed by atoms with E-state index in [-0.39, 0.29) is 6.10 Å². The number of hydrogen-bond donors (Lipinski definition) is 1. The Kier molecular flexibility index (Phi) is 3.59. The van der Waals surface area contributed by atoms with E-state index in [4.69, 9.17) is 0 Å². The predicted octanol–water partition coefficient (Wildman–Crippen LogP) is 2.59. The van der Waals surface area contributed by atoms with Crippen LogP contribution in [0.15, 0.2) is 18.3 Å². The zero-order chi connectivity index (χ0) is 11.5. The summed E-state index contributed by atoms with van der Waals surface area (Å²) in [5.41, 5.74) is 2.46. The van der Waals surface area contributed by atoms with Gasteiger partial charge in [0.15, 0.2) is 0 Å². The molecule has 0 amide bonds. The topological polar surface area (TPSA) is 33.1 Å². The van der Waals surface area contributed by atoms with Gasteiger partial charge in [-0.1, -0.05) is 19.9 Å². The van der Waals surface area contributed by atoms with Crippen LogP contribution >= 0.6 is 0 Å². The number of aromatic nitrogens is 1. The van der Waals surface area contributed by atoms with E-state index in [2.05, 4.69) is 31.0 Å². The standard InChI is InChI=1S/C14H21NO/c1-3-11-4-6-13(15-9-11)8-12-5-7-14(16)10(12)2/h4,6,9-10,12,14,16H,3,5,7-8H2,1-2H3. The van der Waals surface area contributed by atoms with Gasteiger partial charge in [0.25, 0.3) is 0 Å². The lowest BCUT2D eigenvalue weighted by molar-refractivity contribution is 0.127. The van der Waals surface area contributed by atoms with Crippen molar-refractivity contribution in [2.75, 3.05) is 0 Å². The second-order valence-corrected chi connectivity index (χ2v) is 4.98. The molecule has 1 fully saturated rings. The van der Waals surface area contributed by atoms with E-state index in [9.17, 15) is 5.11 Å². The Hall–Kier alpha value is -0.890. The molecule has 1 heterocycles. The number of aliphatic hydroxyl groups is 1. The first-order chi connectivity index (χ1) is 7.70. The van der Waals surface area contributed by atoms with E-state index in [0.717, 1.165) is 25.7 Å². The fraction of sp³-hybridized carbons (Fsp3) is 0.643. The zero-order valence-corrected chi connectivity index (χ0v) is 10.2. The van der Waals surface area contributed by atoms with Gasteiger partial charge in [-0.2, -0.15) is 0 Å². The van der Waals surface area contributed by atoms with Gasteiger partial charge in [0.2, 0.25) is 0 Å². The number of pyridine rings is 1. The van der Waals surface area contributed by atoms with E-state index in [1.807, 2.05) is 6.20 Å². The van der Waals surface area contributed by atoms with Crippen molar-refractivity contribution in [2.45, 2.75) is 45.6 Å². The number of aliphatic hydroxyl groups excluding tert-OH is 1. The lowest BCUT2D eigenvalue weighted by atomic mass is 9.92. The summed E-state index contributed by atoms with van der Waals surface area (Å²) in [6.07, 6.45) is 6.04. The highest BCUT2D eigenvalue weighted by molar-refractivity contribution is 5.14. The first kappa shape index (κ1) is 11.6. The fourth-order valence-electron chi connectivity index (χ4n) is 2.57. The van der Waals surface area contributed by atoms with Crippen LogP contribution in [0, 0.1) is 11.8 Å². The molecule has 1 aliphatic rings. The van der Waals surface area contributed by atoms with E-state index in [1.54, 1.807) is 0 Å². The molecule has 0 saturated heterocycles. The highest BCUT2D eigenvalue weighted by Crippen LogP contribution is 2.33. The Bertz CT molecular complexity index is 333. The van der Waals surface area contributed by atoms with Crippen LogP contribution in [0.3, 0.4) is 0 Å². The molecule has 2 heteroatoms. The van der Waals surface area contributed by atoms with Crippen LogP contribution in [-0.4, -0.2) is 16.2 Å². The molecule has 16 heavy (non-hydrogen) atoms. The van der Waals surface area contributed by atoms with E-state index in [0.29, 0.717) is 11.8 Å². The maximum atomic E-state index is 9.71. The van der Waals surface area contributed by atoms with E-state index in [1.165, 1.54) is 11.3 Å². The molecule has 0 bridgehead atoms. The average Bonchev–Trinajstić information content (AvgIpc) is 2.62. The molecule has 1 aromatic heterocycles. The smallest absolute Gasteiger partial charge is 0.0568 e. The molecule has 0 radical (unpaired) electrons. The van der Waals surface area contributed by atoms with Crippen molar-refractivity contribution in [1.82, 2.24) is 4.98 Å². The van der Waals surface area contributed by atoms with Gasteiger partial charge in [-0.15, -0.1) is 0 Å². The molecular weight excluding hydrogens is 198 g/mol. The number of rotatable bonds is 3. The Labute approximate surface area is 97.7 Å². The number of aryl methyl sites for hydroxylation is 1. The molecule has 0 aromatic carbocycles. The molecule has 1 aliphatic carbocycles. The first-order valence-corrected chi connectivity index (χ1v) is 6.32. The quantitative estimate of drug-likeness (QED) is 0.847. The minimum atomic E-state index is -0.0973. The third-order valence-electron chi connectivity index (χ3n) is 3.95. The number of hydrogen-bond acceptors (Lipinski definition) is 2. The monoisotopic (exact) mass is 219 g/mol. The maximum absolute atomic E-state index is 9.71. The van der Waals surface area contributed by atoms with Gasteiger partial charge in [-0.3, -0.25) is 4.98 Å². The van der Waals surface area contributed by atoms with E-state index < -0.39 is 0 Å².